The van der Waals surface area contributed by atoms with Gasteiger partial charge in [-0.25, -0.2) is 8.42 Å². The number of nitrogens with one attached hydrogen (secondary N) is 1. The van der Waals surface area contributed by atoms with Crippen molar-refractivity contribution in [3.8, 4) is 5.75 Å². The summed E-state index contributed by atoms with van der Waals surface area (Å²) in [6.07, 6.45) is 4.75. The Kier molecular flexibility index (Phi) is 5.14. The predicted octanol–water partition coefficient (Wildman–Crippen LogP) is 4.15. The topological polar surface area (TPSA) is 69.6 Å². The van der Waals surface area contributed by atoms with Crippen LogP contribution < -0.4 is 10.2 Å². The van der Waals surface area contributed by atoms with E-state index in [1.807, 2.05) is 32.0 Å². The third kappa shape index (κ3) is 3.96. The largest absolute Gasteiger partial charge is 0.508 e. The Balaban J connectivity index is 2.00. The normalized spacial score (nSPS) is 15.1. The summed E-state index contributed by atoms with van der Waals surface area (Å²) in [5.41, 5.74) is 3.89. The Morgan fingerprint density at radius 2 is 1.65 bits per heavy atom. The van der Waals surface area contributed by atoms with Crippen molar-refractivity contribution in [2.75, 3.05) is 29.6 Å². The predicted molar refractivity (Wildman–Crippen MR) is 106 cm³/mol. The van der Waals surface area contributed by atoms with Gasteiger partial charge in [0.25, 0.3) is 0 Å². The van der Waals surface area contributed by atoms with Crippen LogP contribution in [-0.2, 0) is 9.84 Å². The third-order valence-electron chi connectivity index (χ3n) is 4.90. The molecule has 6 heteroatoms. The number of phenolic OH excluding ortho intramolecular Hbond substituents is 1. The van der Waals surface area contributed by atoms with Crippen LogP contribution in [0.15, 0.2) is 35.2 Å². The highest BCUT2D eigenvalue weighted by Crippen LogP contribution is 2.33. The lowest BCUT2D eigenvalue weighted by Gasteiger charge is -2.29. The number of phenols is 1. The van der Waals surface area contributed by atoms with Gasteiger partial charge in [0.2, 0.25) is 0 Å². The first-order valence-electron chi connectivity index (χ1n) is 8.92. The highest BCUT2D eigenvalue weighted by Gasteiger charge is 2.18. The minimum Gasteiger partial charge on any atom is -0.508 e. The first-order valence-corrected chi connectivity index (χ1v) is 10.8. The van der Waals surface area contributed by atoms with E-state index in [-0.39, 0.29) is 5.75 Å². The molecule has 26 heavy (non-hydrogen) atoms. The molecule has 1 aliphatic rings. The maximum atomic E-state index is 12.4. The fourth-order valence-electron chi connectivity index (χ4n) is 3.35. The van der Waals surface area contributed by atoms with Gasteiger partial charge in [0, 0.05) is 30.7 Å². The molecule has 0 spiro atoms. The van der Waals surface area contributed by atoms with Crippen molar-refractivity contribution >= 4 is 26.9 Å². The van der Waals surface area contributed by atoms with Gasteiger partial charge < -0.3 is 15.3 Å². The SMILES string of the molecule is Cc1cc(Nc2ccc(N3CCCCC3)cc2S(C)(=O)=O)c(C)cc1O. The standard InChI is InChI=1S/C20H26N2O3S/c1-14-12-19(23)15(2)11-18(14)21-17-8-7-16(13-20(17)26(3,24)25)22-9-5-4-6-10-22/h7-8,11-13,21,23H,4-6,9-10H2,1-3H3. The molecule has 0 atom stereocenters. The molecule has 5 nitrogen and oxygen atoms in total. The second-order valence-corrected chi connectivity index (χ2v) is 9.06. The zero-order chi connectivity index (χ0) is 18.9. The molecule has 0 unspecified atom stereocenters. The molecule has 2 aromatic carbocycles. The molecule has 0 saturated carbocycles. The number of aryl methyl sites for hydroxylation is 2. The van der Waals surface area contributed by atoms with Crippen LogP contribution in [0.4, 0.5) is 17.1 Å². The van der Waals surface area contributed by atoms with E-state index in [9.17, 15) is 13.5 Å². The number of nitrogens with zero attached hydrogens (tertiary/aromatic N) is 1. The van der Waals surface area contributed by atoms with Crippen LogP contribution in [0.3, 0.4) is 0 Å². The van der Waals surface area contributed by atoms with Crippen molar-refractivity contribution in [3.63, 3.8) is 0 Å². The summed E-state index contributed by atoms with van der Waals surface area (Å²) < 4.78 is 24.8. The first kappa shape index (κ1) is 18.6. The van der Waals surface area contributed by atoms with Gasteiger partial charge >= 0.3 is 0 Å². The van der Waals surface area contributed by atoms with Crippen LogP contribution in [0.25, 0.3) is 0 Å². The Hall–Kier alpha value is -2.21. The summed E-state index contributed by atoms with van der Waals surface area (Å²) in [4.78, 5) is 2.54. The molecule has 0 aromatic heterocycles. The number of hydrogen-bond donors (Lipinski definition) is 2. The van der Waals surface area contributed by atoms with Gasteiger partial charge in [0.05, 0.1) is 10.6 Å². The minimum absolute atomic E-state index is 0.233. The average molecular weight is 375 g/mol. The van der Waals surface area contributed by atoms with Crippen LogP contribution in [0.2, 0.25) is 0 Å². The van der Waals surface area contributed by atoms with Crippen LogP contribution in [0.5, 0.6) is 5.75 Å². The van der Waals surface area contributed by atoms with Gasteiger partial charge in [-0.05, 0) is 74.6 Å². The summed E-state index contributed by atoms with van der Waals surface area (Å²) in [6.45, 7) is 5.62. The molecule has 0 amide bonds. The molecule has 2 aromatic rings. The Morgan fingerprint density at radius 3 is 2.31 bits per heavy atom. The molecule has 0 radical (unpaired) electrons. The number of sulfone groups is 1. The van der Waals surface area contributed by atoms with Crippen molar-refractivity contribution in [1.29, 1.82) is 0 Å². The average Bonchev–Trinajstić information content (AvgIpc) is 2.60. The number of aromatic hydroxyl groups is 1. The van der Waals surface area contributed by atoms with Crippen molar-refractivity contribution in [3.05, 3.63) is 41.5 Å². The minimum atomic E-state index is -3.38. The number of rotatable bonds is 4. The molecule has 0 bridgehead atoms. The number of benzene rings is 2. The molecule has 3 rings (SSSR count). The molecule has 1 heterocycles. The Labute approximate surface area is 155 Å². The lowest BCUT2D eigenvalue weighted by molar-refractivity contribution is 0.471. The quantitative estimate of drug-likeness (QED) is 0.787. The van der Waals surface area contributed by atoms with E-state index in [2.05, 4.69) is 10.2 Å². The second-order valence-electron chi connectivity index (χ2n) is 7.08. The van der Waals surface area contributed by atoms with Gasteiger partial charge in [-0.1, -0.05) is 0 Å². The molecular weight excluding hydrogens is 348 g/mol. The number of piperidine rings is 1. The lowest BCUT2D eigenvalue weighted by atomic mass is 10.1. The van der Waals surface area contributed by atoms with E-state index in [1.54, 1.807) is 12.1 Å². The first-order chi connectivity index (χ1) is 12.3. The zero-order valence-corrected chi connectivity index (χ0v) is 16.4. The van der Waals surface area contributed by atoms with Gasteiger partial charge in [-0.3, -0.25) is 0 Å². The summed E-state index contributed by atoms with van der Waals surface area (Å²) in [6, 6.07) is 9.09. The van der Waals surface area contributed by atoms with Crippen LogP contribution in [0, 0.1) is 13.8 Å². The summed E-state index contributed by atoms with van der Waals surface area (Å²) in [5.74, 6) is 0.233. The van der Waals surface area contributed by atoms with Crippen molar-refractivity contribution in [1.82, 2.24) is 0 Å². The third-order valence-corrected chi connectivity index (χ3v) is 6.03. The van der Waals surface area contributed by atoms with Crippen molar-refractivity contribution in [2.45, 2.75) is 38.0 Å². The molecule has 2 N–H and O–H groups in total. The maximum absolute atomic E-state index is 12.4. The van der Waals surface area contributed by atoms with Crippen LogP contribution >= 0.6 is 0 Å². The van der Waals surface area contributed by atoms with Crippen molar-refractivity contribution in [2.24, 2.45) is 0 Å². The zero-order valence-electron chi connectivity index (χ0n) is 15.5. The van der Waals surface area contributed by atoms with Gasteiger partial charge in [-0.15, -0.1) is 0 Å². The fourth-order valence-corrected chi connectivity index (χ4v) is 4.20. The molecule has 1 aliphatic heterocycles. The van der Waals surface area contributed by atoms with Gasteiger partial charge in [-0.2, -0.15) is 0 Å². The molecule has 1 fully saturated rings. The molecule has 140 valence electrons. The van der Waals surface area contributed by atoms with Gasteiger partial charge in [0.1, 0.15) is 5.75 Å². The van der Waals surface area contributed by atoms with E-state index in [0.717, 1.165) is 48.4 Å². The van der Waals surface area contributed by atoms with E-state index in [1.165, 1.54) is 12.7 Å². The lowest BCUT2D eigenvalue weighted by Crippen LogP contribution is -2.29. The van der Waals surface area contributed by atoms with Crippen molar-refractivity contribution < 1.29 is 13.5 Å². The highest BCUT2D eigenvalue weighted by molar-refractivity contribution is 7.90. The monoisotopic (exact) mass is 374 g/mol. The number of anilines is 3. The van der Waals surface area contributed by atoms with E-state index in [4.69, 9.17) is 0 Å². The summed E-state index contributed by atoms with van der Waals surface area (Å²) in [5, 5.41) is 13.1. The van der Waals surface area contributed by atoms with Gasteiger partial charge in [0.15, 0.2) is 9.84 Å². The molecular formula is C20H26N2O3S. The Bertz CT molecular complexity index is 917. The molecule has 1 saturated heterocycles. The second kappa shape index (κ2) is 7.19. The van der Waals surface area contributed by atoms with E-state index in [0.29, 0.717) is 10.6 Å². The van der Waals surface area contributed by atoms with E-state index < -0.39 is 9.84 Å². The summed E-state index contributed by atoms with van der Waals surface area (Å²) in [7, 11) is -3.38. The Morgan fingerprint density at radius 1 is 0.962 bits per heavy atom. The van der Waals surface area contributed by atoms with E-state index >= 15 is 0 Å². The maximum Gasteiger partial charge on any atom is 0.177 e. The smallest absolute Gasteiger partial charge is 0.177 e. The summed E-state index contributed by atoms with van der Waals surface area (Å²) >= 11 is 0. The fraction of sp³-hybridized carbons (Fsp3) is 0.400. The highest BCUT2D eigenvalue weighted by atomic mass is 32.2. The van der Waals surface area contributed by atoms with Crippen LogP contribution in [-0.4, -0.2) is 32.9 Å². The van der Waals surface area contributed by atoms with Crippen LogP contribution in [0.1, 0.15) is 30.4 Å². The number of hydrogen-bond acceptors (Lipinski definition) is 5. The molecule has 0 aliphatic carbocycles.